The lowest BCUT2D eigenvalue weighted by molar-refractivity contribution is -0.157. The zero-order valence-corrected chi connectivity index (χ0v) is 17.0. The summed E-state index contributed by atoms with van der Waals surface area (Å²) in [5, 5.41) is 4.45. The largest absolute Gasteiger partial charge is 0.383 e. The Balaban J connectivity index is 1.90. The van der Waals surface area contributed by atoms with Gasteiger partial charge in [0.05, 0.1) is 25.4 Å². The van der Waals surface area contributed by atoms with Crippen LogP contribution in [0.1, 0.15) is 22.5 Å². The summed E-state index contributed by atoms with van der Waals surface area (Å²) in [6.07, 6.45) is 0.493. The standard InChI is InChI=1S/C21H28N4O3/c1-15-18(16(2)23(3)22-15)13-25-19(12-17-8-6-5-7-9-17)21(27)24(10-11-28-4)14-20(25)26/h5-9,19H,10-14H2,1-4H3/t19-/m1/s1. The molecular weight excluding hydrogens is 356 g/mol. The number of nitrogens with zero attached hydrogens (tertiary/aromatic N) is 4. The van der Waals surface area contributed by atoms with Crippen LogP contribution in [0.4, 0.5) is 0 Å². The van der Waals surface area contributed by atoms with E-state index >= 15 is 0 Å². The molecule has 0 aliphatic carbocycles. The van der Waals surface area contributed by atoms with Gasteiger partial charge in [-0.25, -0.2) is 0 Å². The molecule has 3 rings (SSSR count). The Morgan fingerprint density at radius 3 is 2.50 bits per heavy atom. The Bertz CT molecular complexity index is 847. The van der Waals surface area contributed by atoms with Crippen molar-refractivity contribution in [3.8, 4) is 0 Å². The number of piperazine rings is 1. The Kier molecular flexibility index (Phi) is 6.14. The second kappa shape index (κ2) is 8.56. The maximum Gasteiger partial charge on any atom is 0.246 e. The fourth-order valence-electron chi connectivity index (χ4n) is 3.69. The second-order valence-electron chi connectivity index (χ2n) is 7.25. The van der Waals surface area contributed by atoms with Crippen molar-refractivity contribution in [1.82, 2.24) is 19.6 Å². The van der Waals surface area contributed by atoms with Crippen molar-refractivity contribution >= 4 is 11.8 Å². The molecule has 7 heteroatoms. The first-order valence-electron chi connectivity index (χ1n) is 9.52. The number of rotatable bonds is 7. The van der Waals surface area contributed by atoms with Crippen LogP contribution in [-0.4, -0.2) is 64.2 Å². The summed E-state index contributed by atoms with van der Waals surface area (Å²) in [7, 11) is 3.49. The summed E-state index contributed by atoms with van der Waals surface area (Å²) >= 11 is 0. The zero-order chi connectivity index (χ0) is 20.3. The maximum absolute atomic E-state index is 13.2. The van der Waals surface area contributed by atoms with Crippen molar-refractivity contribution in [3.05, 3.63) is 52.8 Å². The molecule has 2 heterocycles. The summed E-state index contributed by atoms with van der Waals surface area (Å²) in [6.45, 7) is 5.25. The van der Waals surface area contributed by atoms with Gasteiger partial charge < -0.3 is 14.5 Å². The molecule has 28 heavy (non-hydrogen) atoms. The third kappa shape index (κ3) is 4.09. The third-order valence-corrected chi connectivity index (χ3v) is 5.44. The average molecular weight is 384 g/mol. The first kappa shape index (κ1) is 20.1. The molecule has 1 atom stereocenters. The highest BCUT2D eigenvalue weighted by Crippen LogP contribution is 2.23. The highest BCUT2D eigenvalue weighted by atomic mass is 16.5. The minimum Gasteiger partial charge on any atom is -0.383 e. The first-order chi connectivity index (χ1) is 13.4. The lowest BCUT2D eigenvalue weighted by Gasteiger charge is -2.40. The molecule has 1 aliphatic heterocycles. The van der Waals surface area contributed by atoms with Crippen molar-refractivity contribution in [2.75, 3.05) is 26.8 Å². The molecule has 7 nitrogen and oxygen atoms in total. The van der Waals surface area contributed by atoms with Gasteiger partial charge in [0.15, 0.2) is 0 Å². The summed E-state index contributed by atoms with van der Waals surface area (Å²) in [5.41, 5.74) is 3.94. The predicted octanol–water partition coefficient (Wildman–Crippen LogP) is 1.47. The monoisotopic (exact) mass is 384 g/mol. The van der Waals surface area contributed by atoms with Crippen molar-refractivity contribution in [3.63, 3.8) is 0 Å². The summed E-state index contributed by atoms with van der Waals surface area (Å²) in [5.74, 6) is -0.0704. The molecule has 2 amide bonds. The molecule has 0 bridgehead atoms. The van der Waals surface area contributed by atoms with E-state index in [-0.39, 0.29) is 18.4 Å². The van der Waals surface area contributed by atoms with Crippen LogP contribution in [0.5, 0.6) is 0 Å². The smallest absolute Gasteiger partial charge is 0.246 e. The van der Waals surface area contributed by atoms with Crippen molar-refractivity contribution in [2.24, 2.45) is 7.05 Å². The lowest BCUT2D eigenvalue weighted by Crippen LogP contribution is -2.60. The van der Waals surface area contributed by atoms with Gasteiger partial charge in [-0.2, -0.15) is 5.10 Å². The molecule has 0 unspecified atom stereocenters. The molecular formula is C21H28N4O3. The molecule has 1 aromatic carbocycles. The van der Waals surface area contributed by atoms with Crippen LogP contribution in [0.15, 0.2) is 30.3 Å². The maximum atomic E-state index is 13.2. The van der Waals surface area contributed by atoms with Gasteiger partial charge in [0.25, 0.3) is 0 Å². The molecule has 0 radical (unpaired) electrons. The lowest BCUT2D eigenvalue weighted by atomic mass is 9.99. The quantitative estimate of drug-likeness (QED) is 0.725. The Labute approximate surface area is 165 Å². The van der Waals surface area contributed by atoms with Gasteiger partial charge in [-0.3, -0.25) is 14.3 Å². The van der Waals surface area contributed by atoms with E-state index in [4.69, 9.17) is 4.74 Å². The fourth-order valence-corrected chi connectivity index (χ4v) is 3.69. The van der Waals surface area contributed by atoms with E-state index < -0.39 is 6.04 Å². The highest BCUT2D eigenvalue weighted by Gasteiger charge is 2.39. The molecule has 1 fully saturated rings. The van der Waals surface area contributed by atoms with E-state index in [0.717, 1.165) is 22.5 Å². The Hall–Kier alpha value is -2.67. The van der Waals surface area contributed by atoms with E-state index in [1.165, 1.54) is 0 Å². The normalized spacial score (nSPS) is 17.5. The molecule has 2 aromatic rings. The third-order valence-electron chi connectivity index (χ3n) is 5.44. The molecule has 0 N–H and O–H groups in total. The van der Waals surface area contributed by atoms with Crippen molar-refractivity contribution in [1.29, 1.82) is 0 Å². The number of carbonyl (C=O) groups excluding carboxylic acids is 2. The van der Waals surface area contributed by atoms with Crippen LogP contribution < -0.4 is 0 Å². The van der Waals surface area contributed by atoms with Gasteiger partial charge >= 0.3 is 0 Å². The van der Waals surface area contributed by atoms with Crippen LogP contribution in [-0.2, 0) is 34.3 Å². The van der Waals surface area contributed by atoms with E-state index in [1.807, 2.05) is 55.9 Å². The van der Waals surface area contributed by atoms with E-state index in [9.17, 15) is 9.59 Å². The van der Waals surface area contributed by atoms with Gasteiger partial charge in [-0.1, -0.05) is 30.3 Å². The SMILES string of the molecule is COCCN1CC(=O)N(Cc2c(C)nn(C)c2C)[C@H](Cc2ccccc2)C1=O. The number of aromatic nitrogens is 2. The number of aryl methyl sites for hydroxylation is 2. The number of amides is 2. The number of benzene rings is 1. The topological polar surface area (TPSA) is 67.7 Å². The first-order valence-corrected chi connectivity index (χ1v) is 9.52. The summed E-state index contributed by atoms with van der Waals surface area (Å²) < 4.78 is 6.93. The number of carbonyl (C=O) groups is 2. The molecule has 1 aromatic heterocycles. The van der Waals surface area contributed by atoms with Crippen LogP contribution in [0.3, 0.4) is 0 Å². The fraction of sp³-hybridized carbons (Fsp3) is 0.476. The van der Waals surface area contributed by atoms with Gasteiger partial charge in [0, 0.05) is 38.4 Å². The van der Waals surface area contributed by atoms with Crippen molar-refractivity contribution in [2.45, 2.75) is 32.9 Å². The van der Waals surface area contributed by atoms with E-state index in [2.05, 4.69) is 5.10 Å². The Morgan fingerprint density at radius 1 is 1.18 bits per heavy atom. The van der Waals surface area contributed by atoms with Gasteiger partial charge in [0.1, 0.15) is 6.04 Å². The predicted molar refractivity (Wildman–Crippen MR) is 106 cm³/mol. The van der Waals surface area contributed by atoms with Crippen LogP contribution in [0, 0.1) is 13.8 Å². The minimum atomic E-state index is -0.528. The molecule has 1 saturated heterocycles. The number of hydrogen-bond acceptors (Lipinski definition) is 4. The van der Waals surface area contributed by atoms with Gasteiger partial charge in [-0.05, 0) is 19.4 Å². The highest BCUT2D eigenvalue weighted by molar-refractivity contribution is 5.95. The van der Waals surface area contributed by atoms with Gasteiger partial charge in [0.2, 0.25) is 11.8 Å². The van der Waals surface area contributed by atoms with E-state index in [0.29, 0.717) is 26.1 Å². The van der Waals surface area contributed by atoms with Crippen LogP contribution in [0.25, 0.3) is 0 Å². The summed E-state index contributed by atoms with van der Waals surface area (Å²) in [4.78, 5) is 29.6. The minimum absolute atomic E-state index is 0.0281. The average Bonchev–Trinajstić information content (AvgIpc) is 2.92. The Morgan fingerprint density at radius 2 is 1.89 bits per heavy atom. The molecule has 1 aliphatic rings. The molecule has 150 valence electrons. The van der Waals surface area contributed by atoms with E-state index in [1.54, 1.807) is 16.9 Å². The summed E-state index contributed by atoms with van der Waals surface area (Å²) in [6, 6.07) is 9.30. The number of hydrogen-bond donors (Lipinski definition) is 0. The number of methoxy groups -OCH3 is 1. The van der Waals surface area contributed by atoms with Crippen LogP contribution >= 0.6 is 0 Å². The second-order valence-corrected chi connectivity index (χ2v) is 7.25. The molecule has 0 saturated carbocycles. The number of ether oxygens (including phenoxy) is 1. The molecule has 0 spiro atoms. The van der Waals surface area contributed by atoms with Crippen molar-refractivity contribution < 1.29 is 14.3 Å². The van der Waals surface area contributed by atoms with Gasteiger partial charge in [-0.15, -0.1) is 0 Å². The van der Waals surface area contributed by atoms with Crippen LogP contribution in [0.2, 0.25) is 0 Å². The zero-order valence-electron chi connectivity index (χ0n) is 17.0.